The van der Waals surface area contributed by atoms with Crippen molar-refractivity contribution in [3.8, 4) is 6.07 Å². The van der Waals surface area contributed by atoms with E-state index in [9.17, 15) is 12.8 Å². The molecule has 20 heavy (non-hydrogen) atoms. The van der Waals surface area contributed by atoms with E-state index < -0.39 is 15.8 Å². The Morgan fingerprint density at radius 1 is 1.15 bits per heavy atom. The van der Waals surface area contributed by atoms with Crippen molar-refractivity contribution in [1.29, 1.82) is 5.26 Å². The fourth-order valence-electron chi connectivity index (χ4n) is 1.59. The number of nitrogens with two attached hydrogens (primary N) is 1. The Kier molecular flexibility index (Phi) is 3.59. The smallest absolute Gasteiger partial charge is 0.261 e. The minimum Gasteiger partial charge on any atom is -0.399 e. The number of hydrogen-bond acceptors (Lipinski definition) is 4. The van der Waals surface area contributed by atoms with Crippen molar-refractivity contribution in [2.45, 2.75) is 4.90 Å². The number of nitrogens with one attached hydrogen (secondary N) is 1. The molecule has 0 bridgehead atoms. The predicted octanol–water partition coefficient (Wildman–Crippen LogP) is 2.08. The molecular weight excluding hydrogens is 281 g/mol. The predicted molar refractivity (Wildman–Crippen MR) is 72.8 cm³/mol. The van der Waals surface area contributed by atoms with Crippen molar-refractivity contribution >= 4 is 21.4 Å². The van der Waals surface area contributed by atoms with E-state index in [1.807, 2.05) is 6.07 Å². The number of nitrogens with zero attached hydrogens (tertiary/aromatic N) is 1. The third-order valence-corrected chi connectivity index (χ3v) is 3.86. The zero-order chi connectivity index (χ0) is 14.8. The zero-order valence-corrected chi connectivity index (χ0v) is 11.0. The summed E-state index contributed by atoms with van der Waals surface area (Å²) in [4.78, 5) is -0.0284. The van der Waals surface area contributed by atoms with Crippen molar-refractivity contribution < 1.29 is 12.8 Å². The lowest BCUT2D eigenvalue weighted by Crippen LogP contribution is -2.13. The lowest BCUT2D eigenvalue weighted by molar-refractivity contribution is 0.601. The summed E-state index contributed by atoms with van der Waals surface area (Å²) in [7, 11) is -3.85. The van der Waals surface area contributed by atoms with Crippen LogP contribution < -0.4 is 10.5 Å². The van der Waals surface area contributed by atoms with Gasteiger partial charge in [0.2, 0.25) is 0 Å². The molecule has 0 aliphatic rings. The van der Waals surface area contributed by atoms with Crippen LogP contribution in [-0.2, 0) is 10.0 Å². The number of anilines is 2. The molecule has 3 N–H and O–H groups in total. The van der Waals surface area contributed by atoms with E-state index in [-0.39, 0.29) is 16.3 Å². The molecule has 0 radical (unpaired) electrons. The van der Waals surface area contributed by atoms with Crippen LogP contribution in [-0.4, -0.2) is 8.42 Å². The van der Waals surface area contributed by atoms with Crippen LogP contribution in [0.2, 0.25) is 0 Å². The summed E-state index contributed by atoms with van der Waals surface area (Å²) in [6.45, 7) is 0. The van der Waals surface area contributed by atoms with Crippen molar-refractivity contribution in [3.05, 3.63) is 53.8 Å². The second kappa shape index (κ2) is 5.19. The maximum Gasteiger partial charge on any atom is 0.261 e. The van der Waals surface area contributed by atoms with Crippen LogP contribution in [0.5, 0.6) is 0 Å². The number of sulfonamides is 1. The molecule has 102 valence electrons. The molecule has 2 aromatic carbocycles. The SMILES string of the molecule is N#Cc1ccc(S(=O)(=O)Nc2cc(N)cc(F)c2)cc1. The molecule has 5 nitrogen and oxygen atoms in total. The van der Waals surface area contributed by atoms with E-state index in [1.165, 1.54) is 30.3 Å². The summed E-state index contributed by atoms with van der Waals surface area (Å²) >= 11 is 0. The molecule has 0 heterocycles. The molecule has 0 saturated carbocycles. The second-order valence-electron chi connectivity index (χ2n) is 4.01. The summed E-state index contributed by atoms with van der Waals surface area (Å²) in [5.41, 5.74) is 5.94. The quantitative estimate of drug-likeness (QED) is 0.846. The fraction of sp³-hybridized carbons (Fsp3) is 0. The Bertz CT molecular complexity index is 760. The van der Waals surface area contributed by atoms with Gasteiger partial charge < -0.3 is 5.73 Å². The molecule has 0 aliphatic carbocycles. The average Bonchev–Trinajstić information content (AvgIpc) is 2.37. The number of nitriles is 1. The Hall–Kier alpha value is -2.59. The Morgan fingerprint density at radius 3 is 2.35 bits per heavy atom. The topological polar surface area (TPSA) is 96.0 Å². The van der Waals surface area contributed by atoms with Gasteiger partial charge in [0.1, 0.15) is 5.82 Å². The Labute approximate surface area is 115 Å². The van der Waals surface area contributed by atoms with Crippen LogP contribution in [0.25, 0.3) is 0 Å². The minimum absolute atomic E-state index is 0.0284. The summed E-state index contributed by atoms with van der Waals surface area (Å²) in [6, 6.07) is 10.7. The van der Waals surface area contributed by atoms with Crippen LogP contribution in [0, 0.1) is 17.1 Å². The van der Waals surface area contributed by atoms with Gasteiger partial charge >= 0.3 is 0 Å². The van der Waals surface area contributed by atoms with Gasteiger partial charge in [0.25, 0.3) is 10.0 Å². The first kappa shape index (κ1) is 13.8. The minimum atomic E-state index is -3.85. The number of halogens is 1. The molecule has 0 amide bonds. The molecule has 2 rings (SSSR count). The monoisotopic (exact) mass is 291 g/mol. The molecule has 2 aromatic rings. The largest absolute Gasteiger partial charge is 0.399 e. The normalized spacial score (nSPS) is 10.8. The highest BCUT2D eigenvalue weighted by Crippen LogP contribution is 2.20. The maximum atomic E-state index is 13.2. The van der Waals surface area contributed by atoms with Gasteiger partial charge in [-0.3, -0.25) is 4.72 Å². The second-order valence-corrected chi connectivity index (χ2v) is 5.70. The summed E-state index contributed by atoms with van der Waals surface area (Å²) in [5.74, 6) is -0.637. The van der Waals surface area contributed by atoms with Crippen LogP contribution in [0.1, 0.15) is 5.56 Å². The summed E-state index contributed by atoms with van der Waals surface area (Å²) in [5, 5.41) is 8.66. The van der Waals surface area contributed by atoms with Gasteiger partial charge in [-0.25, -0.2) is 12.8 Å². The van der Waals surface area contributed by atoms with Crippen molar-refractivity contribution in [2.24, 2.45) is 0 Å². The molecule has 0 unspecified atom stereocenters. The third-order valence-electron chi connectivity index (χ3n) is 2.47. The molecule has 0 spiro atoms. The molecule has 0 fully saturated rings. The van der Waals surface area contributed by atoms with Gasteiger partial charge in [0.15, 0.2) is 0 Å². The highest BCUT2D eigenvalue weighted by atomic mass is 32.2. The maximum absolute atomic E-state index is 13.2. The van der Waals surface area contributed by atoms with E-state index in [0.717, 1.165) is 12.1 Å². The lowest BCUT2D eigenvalue weighted by atomic mass is 10.2. The highest BCUT2D eigenvalue weighted by molar-refractivity contribution is 7.92. The first-order valence-corrected chi connectivity index (χ1v) is 6.98. The fourth-order valence-corrected chi connectivity index (χ4v) is 2.63. The number of benzene rings is 2. The van der Waals surface area contributed by atoms with Gasteiger partial charge in [0, 0.05) is 5.69 Å². The van der Waals surface area contributed by atoms with Gasteiger partial charge in [-0.1, -0.05) is 0 Å². The van der Waals surface area contributed by atoms with Crippen LogP contribution >= 0.6 is 0 Å². The van der Waals surface area contributed by atoms with Crippen LogP contribution in [0.15, 0.2) is 47.4 Å². The molecule has 0 aliphatic heterocycles. The third kappa shape index (κ3) is 3.05. The van der Waals surface area contributed by atoms with E-state index in [0.29, 0.717) is 5.56 Å². The number of nitrogen functional groups attached to an aromatic ring is 1. The highest BCUT2D eigenvalue weighted by Gasteiger charge is 2.14. The summed E-state index contributed by atoms with van der Waals surface area (Å²) in [6.07, 6.45) is 0. The van der Waals surface area contributed by atoms with Crippen molar-refractivity contribution in [1.82, 2.24) is 0 Å². The molecular formula is C13H10FN3O2S. The van der Waals surface area contributed by atoms with Crippen LogP contribution in [0.3, 0.4) is 0 Å². The Balaban J connectivity index is 2.33. The summed E-state index contributed by atoms with van der Waals surface area (Å²) < 4.78 is 39.5. The van der Waals surface area contributed by atoms with Gasteiger partial charge in [-0.15, -0.1) is 0 Å². The average molecular weight is 291 g/mol. The van der Waals surface area contributed by atoms with Gasteiger partial charge in [-0.05, 0) is 42.5 Å². The first-order valence-electron chi connectivity index (χ1n) is 5.50. The van der Waals surface area contributed by atoms with Crippen molar-refractivity contribution in [3.63, 3.8) is 0 Å². The van der Waals surface area contributed by atoms with E-state index in [2.05, 4.69) is 4.72 Å². The number of rotatable bonds is 3. The molecule has 0 saturated heterocycles. The first-order chi connectivity index (χ1) is 9.40. The zero-order valence-electron chi connectivity index (χ0n) is 10.2. The number of hydrogen-bond donors (Lipinski definition) is 2. The van der Waals surface area contributed by atoms with Crippen LogP contribution in [0.4, 0.5) is 15.8 Å². The van der Waals surface area contributed by atoms with Gasteiger partial charge in [0.05, 0.1) is 22.2 Å². The molecule has 0 atom stereocenters. The molecule has 0 aromatic heterocycles. The lowest BCUT2D eigenvalue weighted by Gasteiger charge is -2.09. The van der Waals surface area contributed by atoms with Gasteiger partial charge in [-0.2, -0.15) is 5.26 Å². The van der Waals surface area contributed by atoms with Crippen molar-refractivity contribution in [2.75, 3.05) is 10.5 Å². The molecule has 7 heteroatoms. The Morgan fingerprint density at radius 2 is 1.80 bits per heavy atom. The van der Waals surface area contributed by atoms with E-state index in [1.54, 1.807) is 0 Å². The standard InChI is InChI=1S/C13H10FN3O2S/c14-10-5-11(16)7-12(6-10)17-20(18,19)13-3-1-9(8-15)2-4-13/h1-7,17H,16H2. The van der Waals surface area contributed by atoms with E-state index in [4.69, 9.17) is 11.0 Å². The van der Waals surface area contributed by atoms with E-state index >= 15 is 0 Å².